The normalized spacial score (nSPS) is 13.6. The van der Waals surface area contributed by atoms with E-state index in [0.717, 1.165) is 12.8 Å². The molecule has 18 heavy (non-hydrogen) atoms. The average molecular weight is 257 g/mol. The maximum absolute atomic E-state index is 10.5. The minimum absolute atomic E-state index is 0.465. The summed E-state index contributed by atoms with van der Waals surface area (Å²) in [5.41, 5.74) is 5.90. The quantitative estimate of drug-likeness (QED) is 0.582. The Morgan fingerprint density at radius 1 is 1.00 bits per heavy atom. The molecule has 0 spiro atoms. The van der Waals surface area contributed by atoms with Crippen molar-refractivity contribution in [2.45, 2.75) is 84.6 Å². The highest BCUT2D eigenvalue weighted by molar-refractivity contribution is 5.72. The van der Waals surface area contributed by atoms with Gasteiger partial charge >= 0.3 is 5.97 Å². The topological polar surface area (TPSA) is 63.3 Å². The Hall–Kier alpha value is -0.570. The molecular formula is C15H31NO2. The fourth-order valence-electron chi connectivity index (χ4n) is 2.03. The summed E-state index contributed by atoms with van der Waals surface area (Å²) in [6, 6.07) is -0.670. The number of carboxylic acid groups (broad SMARTS) is 1. The van der Waals surface area contributed by atoms with Crippen LogP contribution in [0.2, 0.25) is 0 Å². The van der Waals surface area contributed by atoms with Crippen LogP contribution in [-0.2, 0) is 4.79 Å². The minimum atomic E-state index is -0.878. The molecule has 1 atom stereocenters. The van der Waals surface area contributed by atoms with E-state index >= 15 is 0 Å². The molecule has 0 fully saturated rings. The molecule has 3 N–H and O–H groups in total. The zero-order chi connectivity index (χ0) is 14.0. The van der Waals surface area contributed by atoms with Crippen LogP contribution in [0.5, 0.6) is 0 Å². The van der Waals surface area contributed by atoms with Crippen molar-refractivity contribution in [3.05, 3.63) is 0 Å². The van der Waals surface area contributed by atoms with Crippen molar-refractivity contribution in [3.63, 3.8) is 0 Å². The Labute approximate surface area is 112 Å². The summed E-state index contributed by atoms with van der Waals surface area (Å²) in [5, 5.41) is 8.62. The second kappa shape index (κ2) is 9.37. The number of nitrogens with two attached hydrogens (primary N) is 1. The fraction of sp³-hybridized carbons (Fsp3) is 0.933. The predicted octanol–water partition coefficient (Wildman–Crippen LogP) is 3.96. The Morgan fingerprint density at radius 2 is 1.44 bits per heavy atom. The zero-order valence-electron chi connectivity index (χ0n) is 12.4. The molecule has 3 nitrogen and oxygen atoms in total. The van der Waals surface area contributed by atoms with Crippen molar-refractivity contribution in [3.8, 4) is 0 Å². The van der Waals surface area contributed by atoms with Gasteiger partial charge in [0.2, 0.25) is 0 Å². The van der Waals surface area contributed by atoms with Gasteiger partial charge in [0.25, 0.3) is 0 Å². The lowest BCUT2D eigenvalue weighted by Crippen LogP contribution is -2.29. The second-order valence-electron chi connectivity index (χ2n) is 6.52. The number of carboxylic acids is 1. The molecule has 0 aromatic heterocycles. The van der Waals surface area contributed by atoms with Crippen LogP contribution < -0.4 is 5.73 Å². The average Bonchev–Trinajstić information content (AvgIpc) is 2.24. The number of hydrogen-bond donors (Lipinski definition) is 2. The standard InChI is InChI=1S/C15H31NO2/c1-15(2,3)12-10-8-6-4-5-7-9-11-13(16)14(17)18/h13H,4-12,16H2,1-3H3,(H,17,18). The summed E-state index contributed by atoms with van der Waals surface area (Å²) < 4.78 is 0. The van der Waals surface area contributed by atoms with Crippen LogP contribution in [0.1, 0.15) is 78.6 Å². The van der Waals surface area contributed by atoms with E-state index in [1.165, 1.54) is 38.5 Å². The van der Waals surface area contributed by atoms with Crippen LogP contribution in [0.25, 0.3) is 0 Å². The lowest BCUT2D eigenvalue weighted by Gasteiger charge is -2.17. The number of carbonyl (C=O) groups is 1. The smallest absolute Gasteiger partial charge is 0.320 e. The first kappa shape index (κ1) is 17.4. The lowest BCUT2D eigenvalue weighted by atomic mass is 9.89. The maximum atomic E-state index is 10.5. The van der Waals surface area contributed by atoms with Crippen molar-refractivity contribution < 1.29 is 9.90 Å². The summed E-state index contributed by atoms with van der Waals surface area (Å²) in [7, 11) is 0. The molecule has 0 aliphatic carbocycles. The second-order valence-corrected chi connectivity index (χ2v) is 6.52. The molecule has 0 bridgehead atoms. The molecule has 1 unspecified atom stereocenters. The molecule has 0 radical (unpaired) electrons. The van der Waals surface area contributed by atoms with E-state index in [1.807, 2.05) is 0 Å². The van der Waals surface area contributed by atoms with Crippen LogP contribution in [0.3, 0.4) is 0 Å². The Morgan fingerprint density at radius 3 is 1.89 bits per heavy atom. The van der Waals surface area contributed by atoms with Crippen LogP contribution in [0.15, 0.2) is 0 Å². The highest BCUT2D eigenvalue weighted by Crippen LogP contribution is 2.22. The van der Waals surface area contributed by atoms with Gasteiger partial charge in [0.15, 0.2) is 0 Å². The summed E-state index contributed by atoms with van der Waals surface area (Å²) in [5.74, 6) is -0.878. The van der Waals surface area contributed by atoms with Gasteiger partial charge in [0.1, 0.15) is 6.04 Å². The first-order valence-electron chi connectivity index (χ1n) is 7.31. The molecular weight excluding hydrogens is 226 g/mol. The number of unbranched alkanes of at least 4 members (excludes halogenated alkanes) is 6. The van der Waals surface area contributed by atoms with Crippen LogP contribution in [0.4, 0.5) is 0 Å². The first-order chi connectivity index (χ1) is 8.33. The summed E-state index contributed by atoms with van der Waals surface area (Å²) in [6.07, 6.45) is 10.4. The molecule has 0 amide bonds. The van der Waals surface area contributed by atoms with E-state index in [0.29, 0.717) is 11.8 Å². The van der Waals surface area contributed by atoms with Gasteiger partial charge in [-0.05, 0) is 18.3 Å². The third kappa shape index (κ3) is 11.9. The van der Waals surface area contributed by atoms with E-state index in [2.05, 4.69) is 20.8 Å². The number of rotatable bonds is 10. The highest BCUT2D eigenvalue weighted by atomic mass is 16.4. The first-order valence-corrected chi connectivity index (χ1v) is 7.31. The van der Waals surface area contributed by atoms with Crippen LogP contribution >= 0.6 is 0 Å². The Bertz CT molecular complexity index is 221. The molecule has 0 aromatic rings. The predicted molar refractivity (Wildman–Crippen MR) is 76.6 cm³/mol. The minimum Gasteiger partial charge on any atom is -0.480 e. The van der Waals surface area contributed by atoms with Gasteiger partial charge < -0.3 is 10.8 Å². The van der Waals surface area contributed by atoms with Gasteiger partial charge in [-0.2, -0.15) is 0 Å². The molecule has 0 saturated heterocycles. The van der Waals surface area contributed by atoms with Gasteiger partial charge in [-0.1, -0.05) is 65.7 Å². The SMILES string of the molecule is CC(C)(C)CCCCCCCCCC(N)C(=O)O. The van der Waals surface area contributed by atoms with Gasteiger partial charge in [-0.3, -0.25) is 4.79 Å². The number of aliphatic carboxylic acids is 1. The molecule has 0 aliphatic heterocycles. The fourth-order valence-corrected chi connectivity index (χ4v) is 2.03. The van der Waals surface area contributed by atoms with Gasteiger partial charge in [-0.25, -0.2) is 0 Å². The van der Waals surface area contributed by atoms with E-state index < -0.39 is 12.0 Å². The molecule has 0 saturated carbocycles. The highest BCUT2D eigenvalue weighted by Gasteiger charge is 2.10. The lowest BCUT2D eigenvalue weighted by molar-refractivity contribution is -0.138. The maximum Gasteiger partial charge on any atom is 0.320 e. The van der Waals surface area contributed by atoms with Crippen molar-refractivity contribution in [1.29, 1.82) is 0 Å². The Balaban J connectivity index is 3.20. The number of hydrogen-bond acceptors (Lipinski definition) is 2. The van der Waals surface area contributed by atoms with E-state index in [4.69, 9.17) is 10.8 Å². The van der Waals surface area contributed by atoms with Crippen LogP contribution in [-0.4, -0.2) is 17.1 Å². The van der Waals surface area contributed by atoms with E-state index in [1.54, 1.807) is 0 Å². The molecule has 0 heterocycles. The monoisotopic (exact) mass is 257 g/mol. The zero-order valence-corrected chi connectivity index (χ0v) is 12.4. The summed E-state index contributed by atoms with van der Waals surface area (Å²) in [6.45, 7) is 6.87. The summed E-state index contributed by atoms with van der Waals surface area (Å²) in [4.78, 5) is 10.5. The van der Waals surface area contributed by atoms with Gasteiger partial charge in [-0.15, -0.1) is 0 Å². The summed E-state index contributed by atoms with van der Waals surface area (Å²) >= 11 is 0. The van der Waals surface area contributed by atoms with Crippen molar-refractivity contribution in [2.75, 3.05) is 0 Å². The largest absolute Gasteiger partial charge is 0.480 e. The molecule has 0 aromatic carbocycles. The third-order valence-corrected chi connectivity index (χ3v) is 3.26. The third-order valence-electron chi connectivity index (χ3n) is 3.26. The van der Waals surface area contributed by atoms with E-state index in [9.17, 15) is 4.79 Å². The molecule has 108 valence electrons. The molecule has 0 rings (SSSR count). The Kier molecular flexibility index (Phi) is 9.08. The van der Waals surface area contributed by atoms with Crippen molar-refractivity contribution >= 4 is 5.97 Å². The van der Waals surface area contributed by atoms with Crippen molar-refractivity contribution in [1.82, 2.24) is 0 Å². The molecule has 0 aliphatic rings. The van der Waals surface area contributed by atoms with Crippen molar-refractivity contribution in [2.24, 2.45) is 11.1 Å². The van der Waals surface area contributed by atoms with Crippen LogP contribution in [0, 0.1) is 5.41 Å². The van der Waals surface area contributed by atoms with Gasteiger partial charge in [0, 0.05) is 0 Å². The molecule has 3 heteroatoms. The van der Waals surface area contributed by atoms with Gasteiger partial charge in [0.05, 0.1) is 0 Å². The van der Waals surface area contributed by atoms with E-state index in [-0.39, 0.29) is 0 Å².